The number of nitrogens with zero attached hydrogens (tertiary/aromatic N) is 3. The fraction of sp³-hybridized carbons (Fsp3) is 0.105. The Bertz CT molecular complexity index is 1060. The Balaban J connectivity index is 2.01. The minimum Gasteiger partial charge on any atom is -0.493 e. The molecule has 0 unspecified atom stereocenters. The van der Waals surface area contributed by atoms with Gasteiger partial charge in [0.2, 0.25) is 5.95 Å². The van der Waals surface area contributed by atoms with Crippen LogP contribution in [0, 0.1) is 17.1 Å². The molecule has 1 aromatic heterocycles. The smallest absolute Gasteiger partial charge is 0.222 e. The van der Waals surface area contributed by atoms with E-state index >= 15 is 0 Å². The highest BCUT2D eigenvalue weighted by Crippen LogP contribution is 2.35. The first-order valence-electron chi connectivity index (χ1n) is 8.01. The molecule has 0 radical (unpaired) electrons. The SMILES string of the molecule is COc1ccc(-c2nc(N)nc(N)c2C#N)cc1OCc1c(F)cccc1Cl. The molecule has 0 atom stereocenters. The van der Waals surface area contributed by atoms with Gasteiger partial charge in [-0.15, -0.1) is 0 Å². The lowest BCUT2D eigenvalue weighted by Crippen LogP contribution is -2.05. The molecule has 0 aliphatic rings. The van der Waals surface area contributed by atoms with Crippen LogP contribution in [-0.4, -0.2) is 17.1 Å². The van der Waals surface area contributed by atoms with Crippen LogP contribution in [0.25, 0.3) is 11.3 Å². The molecule has 2 aromatic carbocycles. The zero-order chi connectivity index (χ0) is 20.3. The predicted octanol–water partition coefficient (Wildman–Crippen LogP) is 3.56. The van der Waals surface area contributed by atoms with Crippen molar-refractivity contribution in [2.24, 2.45) is 0 Å². The van der Waals surface area contributed by atoms with E-state index < -0.39 is 5.82 Å². The van der Waals surface area contributed by atoms with Crippen molar-refractivity contribution in [3.63, 3.8) is 0 Å². The van der Waals surface area contributed by atoms with E-state index in [2.05, 4.69) is 9.97 Å². The largest absolute Gasteiger partial charge is 0.493 e. The van der Waals surface area contributed by atoms with Gasteiger partial charge < -0.3 is 20.9 Å². The molecule has 7 nitrogen and oxygen atoms in total. The fourth-order valence-electron chi connectivity index (χ4n) is 2.57. The Labute approximate surface area is 165 Å². The highest BCUT2D eigenvalue weighted by atomic mass is 35.5. The Morgan fingerprint density at radius 1 is 1.18 bits per heavy atom. The summed E-state index contributed by atoms with van der Waals surface area (Å²) in [4.78, 5) is 7.90. The van der Waals surface area contributed by atoms with Crippen molar-refractivity contribution in [2.75, 3.05) is 18.6 Å². The number of nitriles is 1. The van der Waals surface area contributed by atoms with Gasteiger partial charge in [-0.3, -0.25) is 0 Å². The van der Waals surface area contributed by atoms with Crippen LogP contribution >= 0.6 is 11.6 Å². The van der Waals surface area contributed by atoms with E-state index in [1.807, 2.05) is 6.07 Å². The number of benzene rings is 2. The second-order valence-electron chi connectivity index (χ2n) is 5.66. The van der Waals surface area contributed by atoms with Gasteiger partial charge in [-0.1, -0.05) is 17.7 Å². The molecule has 0 saturated heterocycles. The molecule has 4 N–H and O–H groups in total. The van der Waals surface area contributed by atoms with Gasteiger partial charge >= 0.3 is 0 Å². The summed E-state index contributed by atoms with van der Waals surface area (Å²) in [6.45, 7) is -0.121. The van der Waals surface area contributed by atoms with Crippen molar-refractivity contribution >= 4 is 23.4 Å². The van der Waals surface area contributed by atoms with Crippen molar-refractivity contribution in [3.05, 3.63) is 58.4 Å². The van der Waals surface area contributed by atoms with E-state index in [1.165, 1.54) is 19.2 Å². The Morgan fingerprint density at radius 2 is 1.96 bits per heavy atom. The standard InChI is InChI=1S/C19H15ClFN5O2/c1-27-15-6-5-10(17-11(8-22)18(23)26-19(24)25-17)7-16(15)28-9-12-13(20)3-2-4-14(12)21/h2-7H,9H2,1H3,(H4,23,24,25,26). The van der Waals surface area contributed by atoms with Crippen molar-refractivity contribution in [3.8, 4) is 28.8 Å². The van der Waals surface area contributed by atoms with Gasteiger partial charge in [-0.2, -0.15) is 10.2 Å². The van der Waals surface area contributed by atoms with E-state index in [0.29, 0.717) is 17.1 Å². The highest BCUT2D eigenvalue weighted by molar-refractivity contribution is 6.31. The number of methoxy groups -OCH3 is 1. The summed E-state index contributed by atoms with van der Waals surface area (Å²) in [5.41, 5.74) is 12.5. The molecule has 28 heavy (non-hydrogen) atoms. The first-order valence-corrected chi connectivity index (χ1v) is 8.39. The first-order chi connectivity index (χ1) is 13.4. The molecule has 1 heterocycles. The summed E-state index contributed by atoms with van der Waals surface area (Å²) < 4.78 is 25.0. The Hall–Kier alpha value is -3.57. The van der Waals surface area contributed by atoms with Crippen LogP contribution in [0.1, 0.15) is 11.1 Å². The van der Waals surface area contributed by atoms with E-state index in [0.717, 1.165) is 0 Å². The quantitative estimate of drug-likeness (QED) is 0.672. The van der Waals surface area contributed by atoms with Gasteiger partial charge in [-0.25, -0.2) is 9.37 Å². The molecule has 0 saturated carbocycles. The number of nitrogens with two attached hydrogens (primary N) is 2. The zero-order valence-corrected chi connectivity index (χ0v) is 15.5. The molecule has 0 amide bonds. The Kier molecular flexibility index (Phi) is 5.47. The van der Waals surface area contributed by atoms with Crippen molar-refractivity contribution in [1.29, 1.82) is 5.26 Å². The number of halogens is 2. The van der Waals surface area contributed by atoms with Crippen LogP contribution in [0.2, 0.25) is 5.02 Å². The normalized spacial score (nSPS) is 10.4. The number of nitrogen functional groups attached to an aromatic ring is 2. The van der Waals surface area contributed by atoms with Crippen LogP contribution in [0.4, 0.5) is 16.2 Å². The lowest BCUT2D eigenvalue weighted by atomic mass is 10.1. The van der Waals surface area contributed by atoms with Crippen LogP contribution in [0.15, 0.2) is 36.4 Å². The number of anilines is 2. The van der Waals surface area contributed by atoms with Crippen LogP contribution in [0.3, 0.4) is 0 Å². The molecular weight excluding hydrogens is 385 g/mol. The predicted molar refractivity (Wildman–Crippen MR) is 103 cm³/mol. The summed E-state index contributed by atoms with van der Waals surface area (Å²) in [6, 6.07) is 11.2. The number of hydrogen-bond acceptors (Lipinski definition) is 7. The number of rotatable bonds is 5. The van der Waals surface area contributed by atoms with E-state index in [4.69, 9.17) is 32.5 Å². The third-order valence-corrected chi connectivity index (χ3v) is 4.29. The van der Waals surface area contributed by atoms with Crippen LogP contribution < -0.4 is 20.9 Å². The number of hydrogen-bond donors (Lipinski definition) is 2. The lowest BCUT2D eigenvalue weighted by molar-refractivity contribution is 0.280. The monoisotopic (exact) mass is 399 g/mol. The first kappa shape index (κ1) is 19.2. The fourth-order valence-corrected chi connectivity index (χ4v) is 2.79. The maximum Gasteiger partial charge on any atom is 0.222 e. The highest BCUT2D eigenvalue weighted by Gasteiger charge is 2.16. The summed E-state index contributed by atoms with van der Waals surface area (Å²) in [7, 11) is 1.47. The third-order valence-electron chi connectivity index (χ3n) is 3.94. The van der Waals surface area contributed by atoms with E-state index in [-0.39, 0.29) is 40.2 Å². The Morgan fingerprint density at radius 3 is 2.64 bits per heavy atom. The molecule has 3 aromatic rings. The number of ether oxygens (including phenoxy) is 2. The van der Waals surface area contributed by atoms with Gasteiger partial charge in [0.1, 0.15) is 29.9 Å². The minimum atomic E-state index is -0.481. The van der Waals surface area contributed by atoms with E-state index in [9.17, 15) is 9.65 Å². The molecular formula is C19H15ClFN5O2. The molecule has 9 heteroatoms. The average molecular weight is 400 g/mol. The van der Waals surface area contributed by atoms with Gasteiger partial charge in [0.15, 0.2) is 11.5 Å². The maximum absolute atomic E-state index is 14.0. The summed E-state index contributed by atoms with van der Waals surface area (Å²) in [5.74, 6) is 0.138. The summed E-state index contributed by atoms with van der Waals surface area (Å²) in [5, 5.41) is 9.62. The minimum absolute atomic E-state index is 0.0265. The summed E-state index contributed by atoms with van der Waals surface area (Å²) >= 11 is 6.04. The molecule has 0 aliphatic carbocycles. The van der Waals surface area contributed by atoms with Gasteiger partial charge in [0, 0.05) is 11.1 Å². The molecule has 142 valence electrons. The van der Waals surface area contributed by atoms with Gasteiger partial charge in [0.05, 0.1) is 17.8 Å². The lowest BCUT2D eigenvalue weighted by Gasteiger charge is -2.14. The van der Waals surface area contributed by atoms with Gasteiger partial charge in [-0.05, 0) is 30.3 Å². The maximum atomic E-state index is 14.0. The second-order valence-corrected chi connectivity index (χ2v) is 6.06. The molecule has 0 bridgehead atoms. The van der Waals surface area contributed by atoms with Crippen molar-refractivity contribution < 1.29 is 13.9 Å². The van der Waals surface area contributed by atoms with Crippen molar-refractivity contribution in [2.45, 2.75) is 6.61 Å². The average Bonchev–Trinajstić information content (AvgIpc) is 2.67. The molecule has 0 fully saturated rings. The van der Waals surface area contributed by atoms with Crippen LogP contribution in [-0.2, 0) is 6.61 Å². The van der Waals surface area contributed by atoms with Crippen LogP contribution in [0.5, 0.6) is 11.5 Å². The topological polar surface area (TPSA) is 120 Å². The number of aromatic nitrogens is 2. The zero-order valence-electron chi connectivity index (χ0n) is 14.7. The molecule has 3 rings (SSSR count). The van der Waals surface area contributed by atoms with Gasteiger partial charge in [0.25, 0.3) is 0 Å². The third kappa shape index (κ3) is 3.75. The molecule has 0 aliphatic heterocycles. The second kappa shape index (κ2) is 7.98. The molecule has 0 spiro atoms. The summed E-state index contributed by atoms with van der Waals surface area (Å²) in [6.07, 6.45) is 0. The van der Waals surface area contributed by atoms with Crippen molar-refractivity contribution in [1.82, 2.24) is 9.97 Å². The van der Waals surface area contributed by atoms with E-state index in [1.54, 1.807) is 24.3 Å².